The number of anilines is 1. The molecule has 0 radical (unpaired) electrons. The molecule has 1 N–H and O–H groups in total. The molecule has 0 fully saturated rings. The number of nitrogens with zero attached hydrogens (tertiary/aromatic N) is 2. The smallest absolute Gasteiger partial charge is 0.277 e. The highest BCUT2D eigenvalue weighted by Crippen LogP contribution is 2.31. The second-order valence-corrected chi connectivity index (χ2v) is 7.51. The Kier molecular flexibility index (Phi) is 4.99. The molecule has 0 amide bonds. The van der Waals surface area contributed by atoms with Gasteiger partial charge in [0.25, 0.3) is 5.69 Å². The van der Waals surface area contributed by atoms with Crippen LogP contribution in [0.4, 0.5) is 11.5 Å². The van der Waals surface area contributed by atoms with Crippen molar-refractivity contribution in [3.05, 3.63) is 69.9 Å². The minimum atomic E-state index is -0.354. The van der Waals surface area contributed by atoms with E-state index >= 15 is 0 Å². The maximum absolute atomic E-state index is 11.3. The van der Waals surface area contributed by atoms with Crippen molar-refractivity contribution < 1.29 is 9.66 Å². The van der Waals surface area contributed by atoms with E-state index in [1.54, 1.807) is 18.3 Å². The number of hydrogen-bond donors (Lipinski definition) is 1. The highest BCUT2D eigenvalue weighted by Gasteiger charge is 2.15. The third-order valence-corrected chi connectivity index (χ3v) is 4.01. The number of aromatic nitrogens is 1. The van der Waals surface area contributed by atoms with Crippen molar-refractivity contribution >= 4 is 22.3 Å². The summed E-state index contributed by atoms with van der Waals surface area (Å²) >= 11 is 0. The Morgan fingerprint density at radius 3 is 2.44 bits per heavy atom. The van der Waals surface area contributed by atoms with Crippen LogP contribution in [0.1, 0.15) is 31.9 Å². The van der Waals surface area contributed by atoms with E-state index in [4.69, 9.17) is 4.74 Å². The van der Waals surface area contributed by atoms with Crippen molar-refractivity contribution in [3.8, 4) is 5.75 Å². The van der Waals surface area contributed by atoms with Gasteiger partial charge in [-0.3, -0.25) is 10.1 Å². The number of nitrogens with one attached hydrogen (secondary N) is 1. The topological polar surface area (TPSA) is 77.3 Å². The minimum Gasteiger partial charge on any atom is -0.488 e. The van der Waals surface area contributed by atoms with Crippen molar-refractivity contribution in [1.29, 1.82) is 0 Å². The Morgan fingerprint density at radius 1 is 1.11 bits per heavy atom. The molecule has 1 heterocycles. The molecule has 2 aromatic carbocycles. The van der Waals surface area contributed by atoms with E-state index in [-0.39, 0.29) is 16.2 Å². The van der Waals surface area contributed by atoms with Crippen LogP contribution in [0.5, 0.6) is 5.75 Å². The van der Waals surface area contributed by atoms with E-state index in [0.717, 1.165) is 22.3 Å². The second kappa shape index (κ2) is 7.23. The molecular weight excluding hydrogens is 342 g/mol. The summed E-state index contributed by atoms with van der Waals surface area (Å²) in [4.78, 5) is 15.4. The Hall–Kier alpha value is -3.15. The number of rotatable bonds is 5. The molecule has 6 heteroatoms. The van der Waals surface area contributed by atoms with Gasteiger partial charge in [0.2, 0.25) is 0 Å². The van der Waals surface area contributed by atoms with Gasteiger partial charge in [0.15, 0.2) is 0 Å². The van der Waals surface area contributed by atoms with Crippen LogP contribution in [0, 0.1) is 17.0 Å². The van der Waals surface area contributed by atoms with E-state index < -0.39 is 0 Å². The molecule has 3 aromatic rings. The Morgan fingerprint density at radius 2 is 1.81 bits per heavy atom. The number of ether oxygens (including phenoxy) is 1. The molecule has 0 bridgehead atoms. The molecule has 27 heavy (non-hydrogen) atoms. The summed E-state index contributed by atoms with van der Waals surface area (Å²) in [6, 6.07) is 13.0. The number of aryl methyl sites for hydroxylation is 1. The van der Waals surface area contributed by atoms with Gasteiger partial charge in [0, 0.05) is 24.2 Å². The fourth-order valence-corrected chi connectivity index (χ4v) is 2.91. The lowest BCUT2D eigenvalue weighted by atomic mass is 10.1. The molecule has 3 rings (SSSR count). The van der Waals surface area contributed by atoms with Crippen LogP contribution in [0.3, 0.4) is 0 Å². The van der Waals surface area contributed by atoms with Crippen LogP contribution < -0.4 is 10.1 Å². The van der Waals surface area contributed by atoms with Crippen molar-refractivity contribution in [2.24, 2.45) is 0 Å². The van der Waals surface area contributed by atoms with Gasteiger partial charge in [-0.25, -0.2) is 4.98 Å². The van der Waals surface area contributed by atoms with Crippen LogP contribution in [0.2, 0.25) is 0 Å². The highest BCUT2D eigenvalue weighted by molar-refractivity contribution is 5.98. The number of nitro groups is 1. The number of non-ortho nitro benzene ring substituents is 1. The first-order chi connectivity index (χ1) is 12.7. The molecule has 1 aromatic heterocycles. The summed E-state index contributed by atoms with van der Waals surface area (Å²) in [6.45, 7) is 8.43. The summed E-state index contributed by atoms with van der Waals surface area (Å²) in [6.07, 6.45) is 1.59. The molecule has 0 aliphatic heterocycles. The van der Waals surface area contributed by atoms with Gasteiger partial charge in [-0.05, 0) is 63.1 Å². The van der Waals surface area contributed by atoms with Gasteiger partial charge in [0.05, 0.1) is 10.3 Å². The van der Waals surface area contributed by atoms with Crippen molar-refractivity contribution in [3.63, 3.8) is 0 Å². The highest BCUT2D eigenvalue weighted by atomic mass is 16.6. The SMILES string of the molecule is Cc1cc([N+](=O)[O-])c2ccnc(NCc3ccc(OC(C)(C)C)cc3)c2c1. The average molecular weight is 365 g/mol. The number of pyridine rings is 1. The maximum atomic E-state index is 11.3. The summed E-state index contributed by atoms with van der Waals surface area (Å²) in [5.41, 5.74) is 1.75. The monoisotopic (exact) mass is 365 g/mol. The van der Waals surface area contributed by atoms with Crippen LogP contribution in [0.15, 0.2) is 48.7 Å². The lowest BCUT2D eigenvalue weighted by Gasteiger charge is -2.21. The van der Waals surface area contributed by atoms with Gasteiger partial charge in [-0.1, -0.05) is 12.1 Å². The van der Waals surface area contributed by atoms with Gasteiger partial charge in [0.1, 0.15) is 17.2 Å². The number of nitro benzene ring substituents is 1. The first-order valence-electron chi connectivity index (χ1n) is 8.78. The molecule has 140 valence electrons. The zero-order valence-electron chi connectivity index (χ0n) is 15.9. The molecule has 6 nitrogen and oxygen atoms in total. The van der Waals surface area contributed by atoms with E-state index in [2.05, 4.69) is 10.3 Å². The number of fused-ring (bicyclic) bond motifs is 1. The molecule has 0 atom stereocenters. The van der Waals surface area contributed by atoms with Gasteiger partial charge < -0.3 is 10.1 Å². The van der Waals surface area contributed by atoms with Gasteiger partial charge in [-0.15, -0.1) is 0 Å². The zero-order valence-corrected chi connectivity index (χ0v) is 15.9. The molecular formula is C21H23N3O3. The lowest BCUT2D eigenvalue weighted by molar-refractivity contribution is -0.383. The fraction of sp³-hybridized carbons (Fsp3) is 0.286. The van der Waals surface area contributed by atoms with Crippen LogP contribution in [-0.4, -0.2) is 15.5 Å². The molecule has 0 saturated heterocycles. The molecule has 0 aliphatic carbocycles. The van der Waals surface area contributed by atoms with Crippen molar-refractivity contribution in [2.45, 2.75) is 39.8 Å². The normalized spacial score (nSPS) is 11.4. The predicted molar refractivity (Wildman–Crippen MR) is 107 cm³/mol. The minimum absolute atomic E-state index is 0.0964. The predicted octanol–water partition coefficient (Wildman–Crippen LogP) is 5.24. The van der Waals surface area contributed by atoms with Gasteiger partial charge >= 0.3 is 0 Å². The van der Waals surface area contributed by atoms with Crippen LogP contribution in [0.25, 0.3) is 10.8 Å². The third-order valence-electron chi connectivity index (χ3n) is 4.01. The van der Waals surface area contributed by atoms with E-state index in [9.17, 15) is 10.1 Å². The van der Waals surface area contributed by atoms with Gasteiger partial charge in [-0.2, -0.15) is 0 Å². The molecule has 0 aliphatic rings. The number of benzene rings is 2. The summed E-state index contributed by atoms with van der Waals surface area (Å²) in [5, 5.41) is 16.0. The van der Waals surface area contributed by atoms with E-state index in [1.165, 1.54) is 0 Å². The largest absolute Gasteiger partial charge is 0.488 e. The standard InChI is InChI=1S/C21H23N3O3/c1-14-11-18-17(19(12-14)24(25)26)9-10-22-20(18)23-13-15-5-7-16(8-6-15)27-21(2,3)4/h5-12H,13H2,1-4H3,(H,22,23). The fourth-order valence-electron chi connectivity index (χ4n) is 2.91. The Bertz CT molecular complexity index is 976. The molecule has 0 spiro atoms. The Balaban J connectivity index is 1.82. The first-order valence-corrected chi connectivity index (χ1v) is 8.78. The lowest BCUT2D eigenvalue weighted by Crippen LogP contribution is -2.22. The van der Waals surface area contributed by atoms with E-state index in [0.29, 0.717) is 17.7 Å². The van der Waals surface area contributed by atoms with Crippen LogP contribution in [-0.2, 0) is 6.54 Å². The summed E-state index contributed by atoms with van der Waals surface area (Å²) in [7, 11) is 0. The zero-order chi connectivity index (χ0) is 19.6. The summed E-state index contributed by atoms with van der Waals surface area (Å²) < 4.78 is 5.83. The number of hydrogen-bond acceptors (Lipinski definition) is 5. The second-order valence-electron chi connectivity index (χ2n) is 7.51. The maximum Gasteiger partial charge on any atom is 0.277 e. The first kappa shape index (κ1) is 18.6. The van der Waals surface area contributed by atoms with Crippen LogP contribution >= 0.6 is 0 Å². The summed E-state index contributed by atoms with van der Waals surface area (Å²) in [5.74, 6) is 1.45. The molecule has 0 saturated carbocycles. The third kappa shape index (κ3) is 4.53. The Labute approximate surface area is 158 Å². The van der Waals surface area contributed by atoms with E-state index in [1.807, 2.05) is 58.0 Å². The average Bonchev–Trinajstić information content (AvgIpc) is 2.59. The molecule has 0 unspecified atom stereocenters. The quantitative estimate of drug-likeness (QED) is 0.494. The van der Waals surface area contributed by atoms with Crippen molar-refractivity contribution in [2.75, 3.05) is 5.32 Å². The van der Waals surface area contributed by atoms with Crippen molar-refractivity contribution in [1.82, 2.24) is 4.98 Å².